The predicted octanol–water partition coefficient (Wildman–Crippen LogP) is 3.94. The van der Waals surface area contributed by atoms with Gasteiger partial charge in [0.15, 0.2) is 5.37 Å². The summed E-state index contributed by atoms with van der Waals surface area (Å²) in [6.07, 6.45) is 0. The van der Waals surface area contributed by atoms with Crippen LogP contribution < -0.4 is 5.32 Å². The summed E-state index contributed by atoms with van der Waals surface area (Å²) in [5, 5.41) is 2.36. The van der Waals surface area contributed by atoms with Gasteiger partial charge in [0.2, 0.25) is 0 Å². The summed E-state index contributed by atoms with van der Waals surface area (Å²) < 4.78 is 0. The van der Waals surface area contributed by atoms with Crippen LogP contribution in [0.3, 0.4) is 0 Å². The molecule has 1 fully saturated rings. The molecule has 1 aliphatic heterocycles. The van der Waals surface area contributed by atoms with Gasteiger partial charge in [0.25, 0.3) is 11.1 Å². The number of amides is 2. The third-order valence-electron chi connectivity index (χ3n) is 3.74. The summed E-state index contributed by atoms with van der Waals surface area (Å²) >= 11 is 1.03. The topological polar surface area (TPSA) is 49.4 Å². The number of nitrogens with zero attached hydrogens (tertiary/aromatic N) is 1. The molecule has 0 bridgehead atoms. The molecule has 0 spiro atoms. The number of carbonyl (C=O) groups is 2. The van der Waals surface area contributed by atoms with E-state index in [4.69, 9.17) is 0 Å². The molecule has 1 aliphatic rings. The van der Waals surface area contributed by atoms with Gasteiger partial charge >= 0.3 is 0 Å². The predicted molar refractivity (Wildman–Crippen MR) is 93.3 cm³/mol. The number of thioether (sulfide) groups is 1. The van der Waals surface area contributed by atoms with Gasteiger partial charge in [0.1, 0.15) is 0 Å². The highest BCUT2D eigenvalue weighted by Crippen LogP contribution is 2.29. The fourth-order valence-corrected chi connectivity index (χ4v) is 3.26. The lowest BCUT2D eigenvalue weighted by Gasteiger charge is -2.15. The lowest BCUT2D eigenvalue weighted by molar-refractivity contribution is -0.126. The van der Waals surface area contributed by atoms with Crippen molar-refractivity contribution in [2.75, 3.05) is 5.32 Å². The lowest BCUT2D eigenvalue weighted by atomic mass is 10.1. The molecular weight excluding hydrogens is 308 g/mol. The number of carbonyl (C=O) groups excluding carboxylic acids is 2. The van der Waals surface area contributed by atoms with Crippen molar-refractivity contribution >= 4 is 28.6 Å². The number of benzene rings is 2. The van der Waals surface area contributed by atoms with Crippen molar-refractivity contribution < 1.29 is 9.59 Å². The third kappa shape index (κ3) is 3.56. The third-order valence-corrected chi connectivity index (χ3v) is 4.72. The molecule has 23 heavy (non-hydrogen) atoms. The lowest BCUT2D eigenvalue weighted by Crippen LogP contribution is -2.33. The van der Waals surface area contributed by atoms with E-state index in [9.17, 15) is 9.59 Å². The second-order valence-corrected chi connectivity index (χ2v) is 6.74. The Morgan fingerprint density at radius 2 is 1.52 bits per heavy atom. The van der Waals surface area contributed by atoms with E-state index in [2.05, 4.69) is 5.32 Å². The Morgan fingerprint density at radius 3 is 2.13 bits per heavy atom. The largest absolute Gasteiger partial charge is 0.365 e. The molecule has 0 radical (unpaired) electrons. The first-order valence-corrected chi connectivity index (χ1v) is 8.31. The van der Waals surface area contributed by atoms with E-state index in [1.807, 2.05) is 62.4 Å². The van der Waals surface area contributed by atoms with Gasteiger partial charge in [-0.3, -0.25) is 14.5 Å². The number of anilines is 1. The Morgan fingerprint density at radius 1 is 0.957 bits per heavy atom. The maximum Gasteiger partial charge on any atom is 0.291 e. The van der Waals surface area contributed by atoms with E-state index < -0.39 is 5.37 Å². The minimum Gasteiger partial charge on any atom is -0.365 e. The van der Waals surface area contributed by atoms with Gasteiger partial charge in [0, 0.05) is 5.69 Å². The second-order valence-electron chi connectivity index (χ2n) is 5.68. The Balaban J connectivity index is 1.69. The minimum absolute atomic E-state index is 0.193. The minimum atomic E-state index is -0.560. The molecule has 1 saturated heterocycles. The highest BCUT2D eigenvalue weighted by molar-refractivity contribution is 8.15. The van der Waals surface area contributed by atoms with E-state index in [-0.39, 0.29) is 11.1 Å². The highest BCUT2D eigenvalue weighted by atomic mass is 32.2. The van der Waals surface area contributed by atoms with E-state index >= 15 is 0 Å². The average Bonchev–Trinajstić information content (AvgIpc) is 2.79. The first-order chi connectivity index (χ1) is 11.0. The van der Waals surface area contributed by atoms with Crippen molar-refractivity contribution in [2.24, 2.45) is 0 Å². The van der Waals surface area contributed by atoms with E-state index in [0.29, 0.717) is 6.54 Å². The van der Waals surface area contributed by atoms with E-state index in [1.54, 1.807) is 0 Å². The van der Waals surface area contributed by atoms with Crippen LogP contribution in [-0.4, -0.2) is 21.4 Å². The van der Waals surface area contributed by atoms with Crippen LogP contribution in [-0.2, 0) is 11.3 Å². The first-order valence-electron chi connectivity index (χ1n) is 7.44. The maximum absolute atomic E-state index is 12.5. The van der Waals surface area contributed by atoms with Crippen LogP contribution in [0.4, 0.5) is 10.5 Å². The number of aryl methyl sites for hydroxylation is 2. The second kappa shape index (κ2) is 6.46. The molecule has 1 N–H and O–H groups in total. The molecule has 5 heteroatoms. The summed E-state index contributed by atoms with van der Waals surface area (Å²) in [4.78, 5) is 25.9. The Kier molecular flexibility index (Phi) is 4.39. The molecule has 118 valence electrons. The molecule has 1 atom stereocenters. The summed E-state index contributed by atoms with van der Waals surface area (Å²) in [6.45, 7) is 4.33. The van der Waals surface area contributed by atoms with Crippen molar-refractivity contribution in [2.45, 2.75) is 25.8 Å². The fraction of sp³-hybridized carbons (Fsp3) is 0.222. The van der Waals surface area contributed by atoms with Crippen molar-refractivity contribution in [3.05, 3.63) is 65.2 Å². The summed E-state index contributed by atoms with van der Waals surface area (Å²) in [5.74, 6) is -0.193. The maximum atomic E-state index is 12.5. The zero-order chi connectivity index (χ0) is 16.4. The molecular formula is C18H18N2O2S. The first kappa shape index (κ1) is 15.6. The zero-order valence-corrected chi connectivity index (χ0v) is 13.9. The van der Waals surface area contributed by atoms with Gasteiger partial charge in [-0.15, -0.1) is 0 Å². The molecule has 2 aromatic carbocycles. The van der Waals surface area contributed by atoms with Gasteiger partial charge in [-0.25, -0.2) is 0 Å². The van der Waals surface area contributed by atoms with Gasteiger partial charge in [-0.2, -0.15) is 0 Å². The van der Waals surface area contributed by atoms with Gasteiger partial charge in [0.05, 0.1) is 6.54 Å². The average molecular weight is 326 g/mol. The van der Waals surface area contributed by atoms with Crippen molar-refractivity contribution in [3.8, 4) is 0 Å². The van der Waals surface area contributed by atoms with E-state index in [0.717, 1.165) is 34.1 Å². The van der Waals surface area contributed by atoms with Crippen LogP contribution in [0.1, 0.15) is 16.7 Å². The van der Waals surface area contributed by atoms with Crippen LogP contribution in [0.2, 0.25) is 0 Å². The normalized spacial score (nSPS) is 17.7. The van der Waals surface area contributed by atoms with Gasteiger partial charge in [-0.05, 0) is 43.3 Å². The van der Waals surface area contributed by atoms with Crippen molar-refractivity contribution in [1.82, 2.24) is 4.90 Å². The molecule has 4 nitrogen and oxygen atoms in total. The smallest absolute Gasteiger partial charge is 0.291 e. The van der Waals surface area contributed by atoms with Crippen molar-refractivity contribution in [3.63, 3.8) is 0 Å². The van der Waals surface area contributed by atoms with Crippen LogP contribution in [0.25, 0.3) is 0 Å². The molecule has 0 aromatic heterocycles. The Hall–Kier alpha value is -2.27. The van der Waals surface area contributed by atoms with Gasteiger partial charge < -0.3 is 5.32 Å². The van der Waals surface area contributed by atoms with Crippen molar-refractivity contribution in [1.29, 1.82) is 0 Å². The number of hydrogen-bond donors (Lipinski definition) is 1. The van der Waals surface area contributed by atoms with Crippen LogP contribution in [0.15, 0.2) is 48.5 Å². The number of hydrogen-bond acceptors (Lipinski definition) is 4. The van der Waals surface area contributed by atoms with Gasteiger partial charge in [-0.1, -0.05) is 47.5 Å². The monoisotopic (exact) mass is 326 g/mol. The van der Waals surface area contributed by atoms with Crippen LogP contribution in [0, 0.1) is 13.8 Å². The fourth-order valence-electron chi connectivity index (χ4n) is 2.36. The zero-order valence-electron chi connectivity index (χ0n) is 13.1. The summed E-state index contributed by atoms with van der Waals surface area (Å²) in [7, 11) is 0. The molecule has 0 saturated carbocycles. The molecule has 0 aliphatic carbocycles. The highest BCUT2D eigenvalue weighted by Gasteiger charge is 2.39. The van der Waals surface area contributed by atoms with Crippen LogP contribution >= 0.6 is 11.8 Å². The number of rotatable bonds is 4. The Bertz CT molecular complexity index is 726. The Labute approximate surface area is 139 Å². The van der Waals surface area contributed by atoms with E-state index in [1.165, 1.54) is 4.90 Å². The van der Waals surface area contributed by atoms with Crippen LogP contribution in [0.5, 0.6) is 0 Å². The molecule has 2 aromatic rings. The summed E-state index contributed by atoms with van der Waals surface area (Å²) in [6, 6.07) is 15.6. The molecule has 1 heterocycles. The standard InChI is InChI=1S/C18H18N2O2S/c1-12-3-7-14(8-4-12)11-20-17(21)16(23-18(20)22)19-15-9-5-13(2)6-10-15/h3-10,16,19H,11H2,1-2H3. The number of imide groups is 1. The quantitative estimate of drug-likeness (QED) is 0.924. The molecule has 1 unspecified atom stereocenters. The summed E-state index contributed by atoms with van der Waals surface area (Å²) in [5.41, 5.74) is 4.10. The SMILES string of the molecule is Cc1ccc(CN2C(=O)SC(Nc3ccc(C)cc3)C2=O)cc1. The molecule has 2 amide bonds. The molecule has 3 rings (SSSR count). The number of nitrogens with one attached hydrogen (secondary N) is 1.